The summed E-state index contributed by atoms with van der Waals surface area (Å²) in [5.74, 6) is -0.802. The number of nitrogens with zero attached hydrogens (tertiary/aromatic N) is 2. The Bertz CT molecular complexity index is 412. The number of rotatable bonds is 5. The van der Waals surface area contributed by atoms with Gasteiger partial charge in [-0.05, 0) is 38.7 Å². The highest BCUT2D eigenvalue weighted by atomic mass is 16.4. The van der Waals surface area contributed by atoms with Gasteiger partial charge in [0.05, 0.1) is 0 Å². The van der Waals surface area contributed by atoms with E-state index in [0.717, 1.165) is 11.3 Å². The molecule has 0 radical (unpaired) electrons. The maximum absolute atomic E-state index is 11.4. The average Bonchev–Trinajstić information content (AvgIpc) is 2.29. The van der Waals surface area contributed by atoms with Crippen LogP contribution in [0, 0.1) is 0 Å². The Balaban J connectivity index is 2.92. The first-order valence-electron chi connectivity index (χ1n) is 5.94. The van der Waals surface area contributed by atoms with Crippen LogP contribution in [0.25, 0.3) is 0 Å². The molecule has 1 N–H and O–H groups in total. The molecule has 4 nitrogen and oxygen atoms in total. The molecule has 1 atom stereocenters. The molecule has 18 heavy (non-hydrogen) atoms. The van der Waals surface area contributed by atoms with Crippen molar-refractivity contribution in [2.24, 2.45) is 0 Å². The predicted molar refractivity (Wildman–Crippen MR) is 74.2 cm³/mol. The van der Waals surface area contributed by atoms with Crippen LogP contribution in [0.2, 0.25) is 0 Å². The van der Waals surface area contributed by atoms with Crippen LogP contribution in [-0.4, -0.2) is 49.7 Å². The van der Waals surface area contributed by atoms with Crippen LogP contribution >= 0.6 is 0 Å². The van der Waals surface area contributed by atoms with Crippen molar-refractivity contribution in [3.05, 3.63) is 29.8 Å². The second-order valence-corrected chi connectivity index (χ2v) is 5.21. The van der Waals surface area contributed by atoms with E-state index in [1.807, 2.05) is 43.3 Å². The lowest BCUT2D eigenvalue weighted by atomic mass is 9.91. The van der Waals surface area contributed by atoms with Crippen LogP contribution < -0.4 is 4.90 Å². The number of hydrogen-bond acceptors (Lipinski definition) is 3. The second kappa shape index (κ2) is 5.40. The van der Waals surface area contributed by atoms with E-state index in [0.29, 0.717) is 6.42 Å². The Labute approximate surface area is 109 Å². The van der Waals surface area contributed by atoms with Crippen LogP contribution in [0.3, 0.4) is 0 Å². The van der Waals surface area contributed by atoms with Gasteiger partial charge < -0.3 is 10.0 Å². The summed E-state index contributed by atoms with van der Waals surface area (Å²) in [4.78, 5) is 15.2. The van der Waals surface area contributed by atoms with E-state index in [-0.39, 0.29) is 0 Å². The average molecular weight is 250 g/mol. The Morgan fingerprint density at radius 2 is 1.67 bits per heavy atom. The standard InChI is InChI=1S/C14H22N2O2/c1-14(13(17)18,16(4)5)10-11-6-8-12(9-7-11)15(2)3/h6-9H,10H2,1-5H3,(H,17,18). The summed E-state index contributed by atoms with van der Waals surface area (Å²) in [6.07, 6.45) is 0.489. The molecule has 0 bridgehead atoms. The maximum Gasteiger partial charge on any atom is 0.324 e. The third-order valence-corrected chi connectivity index (χ3v) is 3.45. The fourth-order valence-corrected chi connectivity index (χ4v) is 1.73. The maximum atomic E-state index is 11.4. The molecule has 0 amide bonds. The minimum atomic E-state index is -0.875. The van der Waals surface area contributed by atoms with Crippen molar-refractivity contribution in [2.75, 3.05) is 33.1 Å². The van der Waals surface area contributed by atoms with Crippen molar-refractivity contribution in [1.82, 2.24) is 4.90 Å². The fraction of sp³-hybridized carbons (Fsp3) is 0.500. The van der Waals surface area contributed by atoms with Crippen LogP contribution in [0.4, 0.5) is 5.69 Å². The largest absolute Gasteiger partial charge is 0.480 e. The van der Waals surface area contributed by atoms with E-state index in [1.165, 1.54) is 0 Å². The third-order valence-electron chi connectivity index (χ3n) is 3.45. The smallest absolute Gasteiger partial charge is 0.324 e. The summed E-state index contributed by atoms with van der Waals surface area (Å²) in [6.45, 7) is 1.75. The van der Waals surface area contributed by atoms with Gasteiger partial charge in [0.25, 0.3) is 0 Å². The first kappa shape index (κ1) is 14.5. The van der Waals surface area contributed by atoms with Gasteiger partial charge in [-0.1, -0.05) is 12.1 Å². The molecule has 1 unspecified atom stereocenters. The van der Waals surface area contributed by atoms with E-state index in [9.17, 15) is 9.90 Å². The lowest BCUT2D eigenvalue weighted by molar-refractivity contribution is -0.148. The number of carboxylic acids is 1. The van der Waals surface area contributed by atoms with Crippen LogP contribution in [-0.2, 0) is 11.2 Å². The number of aliphatic carboxylic acids is 1. The number of carboxylic acid groups (broad SMARTS) is 1. The van der Waals surface area contributed by atoms with Gasteiger partial charge in [0.1, 0.15) is 5.54 Å². The van der Waals surface area contributed by atoms with E-state index in [1.54, 1.807) is 25.9 Å². The molecule has 0 aliphatic heterocycles. The summed E-state index contributed by atoms with van der Waals surface area (Å²) in [5, 5.41) is 9.36. The molecule has 0 aliphatic carbocycles. The fourth-order valence-electron chi connectivity index (χ4n) is 1.73. The van der Waals surface area contributed by atoms with Crippen molar-refractivity contribution < 1.29 is 9.90 Å². The normalized spacial score (nSPS) is 14.3. The highest BCUT2D eigenvalue weighted by Crippen LogP contribution is 2.21. The Hall–Kier alpha value is -1.55. The molecule has 0 aliphatic rings. The molecule has 100 valence electrons. The SMILES string of the molecule is CN(C)c1ccc(CC(C)(C(=O)O)N(C)C)cc1. The molecule has 0 spiro atoms. The summed E-state index contributed by atoms with van der Waals surface area (Å²) >= 11 is 0. The zero-order chi connectivity index (χ0) is 13.9. The van der Waals surface area contributed by atoms with Gasteiger partial charge in [-0.25, -0.2) is 0 Å². The highest BCUT2D eigenvalue weighted by Gasteiger charge is 2.35. The van der Waals surface area contributed by atoms with Crippen molar-refractivity contribution in [3.8, 4) is 0 Å². The molecule has 1 aromatic carbocycles. The molecule has 0 saturated carbocycles. The summed E-state index contributed by atoms with van der Waals surface area (Å²) in [6, 6.07) is 7.99. The third kappa shape index (κ3) is 3.01. The Kier molecular flexibility index (Phi) is 4.35. The van der Waals surface area contributed by atoms with Gasteiger partial charge >= 0.3 is 5.97 Å². The van der Waals surface area contributed by atoms with Crippen molar-refractivity contribution >= 4 is 11.7 Å². The van der Waals surface area contributed by atoms with Crippen LogP contribution in [0.1, 0.15) is 12.5 Å². The minimum Gasteiger partial charge on any atom is -0.480 e. The van der Waals surface area contributed by atoms with Gasteiger partial charge in [-0.15, -0.1) is 0 Å². The van der Waals surface area contributed by atoms with Gasteiger partial charge in [0, 0.05) is 26.2 Å². The topological polar surface area (TPSA) is 43.8 Å². The van der Waals surface area contributed by atoms with Gasteiger partial charge in [-0.2, -0.15) is 0 Å². The monoisotopic (exact) mass is 250 g/mol. The van der Waals surface area contributed by atoms with E-state index >= 15 is 0 Å². The number of carbonyl (C=O) groups is 1. The summed E-state index contributed by atoms with van der Waals surface area (Å²) < 4.78 is 0. The molecule has 1 rings (SSSR count). The van der Waals surface area contributed by atoms with Crippen molar-refractivity contribution in [1.29, 1.82) is 0 Å². The molecule has 1 aromatic rings. The molecule has 0 fully saturated rings. The molecule has 4 heteroatoms. The number of likely N-dealkylation sites (N-methyl/N-ethyl adjacent to an activating group) is 1. The van der Waals surface area contributed by atoms with Gasteiger partial charge in [0.2, 0.25) is 0 Å². The first-order valence-corrected chi connectivity index (χ1v) is 5.94. The Morgan fingerprint density at radius 3 is 2.00 bits per heavy atom. The zero-order valence-electron chi connectivity index (χ0n) is 11.8. The number of hydrogen-bond donors (Lipinski definition) is 1. The molecule has 0 aromatic heterocycles. The molecular formula is C14H22N2O2. The molecular weight excluding hydrogens is 228 g/mol. The number of benzene rings is 1. The van der Waals surface area contributed by atoms with E-state index < -0.39 is 11.5 Å². The lowest BCUT2D eigenvalue weighted by Crippen LogP contribution is -2.50. The van der Waals surface area contributed by atoms with Crippen LogP contribution in [0.15, 0.2) is 24.3 Å². The van der Waals surface area contributed by atoms with E-state index in [4.69, 9.17) is 0 Å². The molecule has 0 heterocycles. The zero-order valence-corrected chi connectivity index (χ0v) is 11.8. The van der Waals surface area contributed by atoms with Crippen molar-refractivity contribution in [2.45, 2.75) is 18.9 Å². The Morgan fingerprint density at radius 1 is 1.17 bits per heavy atom. The van der Waals surface area contributed by atoms with Gasteiger partial charge in [-0.3, -0.25) is 9.69 Å². The highest BCUT2D eigenvalue weighted by molar-refractivity contribution is 5.78. The quantitative estimate of drug-likeness (QED) is 0.864. The first-order chi connectivity index (χ1) is 8.27. The predicted octanol–water partition coefficient (Wildman–Crippen LogP) is 1.70. The minimum absolute atomic E-state index is 0.489. The van der Waals surface area contributed by atoms with Crippen LogP contribution in [0.5, 0.6) is 0 Å². The number of anilines is 1. The summed E-state index contributed by atoms with van der Waals surface area (Å²) in [5.41, 5.74) is 1.26. The molecule has 0 saturated heterocycles. The van der Waals surface area contributed by atoms with Crippen molar-refractivity contribution in [3.63, 3.8) is 0 Å². The summed E-state index contributed by atoms with van der Waals surface area (Å²) in [7, 11) is 7.55. The van der Waals surface area contributed by atoms with Gasteiger partial charge in [0.15, 0.2) is 0 Å². The second-order valence-electron chi connectivity index (χ2n) is 5.21. The lowest BCUT2D eigenvalue weighted by Gasteiger charge is -2.32. The van der Waals surface area contributed by atoms with E-state index in [2.05, 4.69) is 0 Å².